The number of phenolic OH excluding ortho intramolecular Hbond substituents is 1. The summed E-state index contributed by atoms with van der Waals surface area (Å²) < 4.78 is 5.56. The molecule has 4 nitrogen and oxygen atoms in total. The summed E-state index contributed by atoms with van der Waals surface area (Å²) in [6, 6.07) is 8.57. The summed E-state index contributed by atoms with van der Waals surface area (Å²) in [7, 11) is 0. The van der Waals surface area contributed by atoms with Gasteiger partial charge in [-0.25, -0.2) is 0 Å². The van der Waals surface area contributed by atoms with Gasteiger partial charge in [-0.15, -0.1) is 0 Å². The largest absolute Gasteiger partial charge is 0.508 e. The molecule has 1 heterocycles. The molecule has 88 valence electrons. The van der Waals surface area contributed by atoms with Gasteiger partial charge in [-0.1, -0.05) is 6.07 Å². The van der Waals surface area contributed by atoms with Crippen LogP contribution >= 0.6 is 0 Å². The first kappa shape index (κ1) is 11.4. The molecule has 1 aromatic carbocycles. The Labute approximate surface area is 99.7 Å². The lowest BCUT2D eigenvalue weighted by molar-refractivity contribution is 0.302. The first-order valence-electron chi connectivity index (χ1n) is 5.33. The normalized spacial score (nSPS) is 10.2. The zero-order chi connectivity index (χ0) is 12.1. The van der Waals surface area contributed by atoms with E-state index in [2.05, 4.69) is 4.98 Å². The Balaban J connectivity index is 2.07. The Morgan fingerprint density at radius 3 is 2.88 bits per heavy atom. The van der Waals surface area contributed by atoms with E-state index in [1.807, 2.05) is 6.07 Å². The van der Waals surface area contributed by atoms with Gasteiger partial charge in [0.2, 0.25) is 0 Å². The van der Waals surface area contributed by atoms with E-state index >= 15 is 0 Å². The number of aromatic nitrogens is 1. The molecule has 0 saturated carbocycles. The third kappa shape index (κ3) is 2.95. The molecule has 0 aliphatic heterocycles. The molecule has 0 fully saturated rings. The predicted molar refractivity (Wildman–Crippen MR) is 64.6 cm³/mol. The summed E-state index contributed by atoms with van der Waals surface area (Å²) in [4.78, 5) is 4.04. The molecule has 4 heteroatoms. The van der Waals surface area contributed by atoms with Crippen LogP contribution < -0.4 is 10.5 Å². The SMILES string of the molecule is NCc1ccncc1COc1cccc(O)c1. The fourth-order valence-corrected chi connectivity index (χ4v) is 1.52. The van der Waals surface area contributed by atoms with Crippen LogP contribution in [0.5, 0.6) is 11.5 Å². The molecular weight excluding hydrogens is 216 g/mol. The van der Waals surface area contributed by atoms with Crippen LogP contribution in [0.1, 0.15) is 11.1 Å². The van der Waals surface area contributed by atoms with Crippen molar-refractivity contribution in [1.29, 1.82) is 0 Å². The quantitative estimate of drug-likeness (QED) is 0.840. The van der Waals surface area contributed by atoms with E-state index in [4.69, 9.17) is 10.5 Å². The summed E-state index contributed by atoms with van der Waals surface area (Å²) in [5, 5.41) is 9.30. The fraction of sp³-hybridized carbons (Fsp3) is 0.154. The number of phenols is 1. The van der Waals surface area contributed by atoms with Crippen LogP contribution in [0.15, 0.2) is 42.7 Å². The number of benzene rings is 1. The lowest BCUT2D eigenvalue weighted by atomic mass is 10.1. The summed E-state index contributed by atoms with van der Waals surface area (Å²) in [5.74, 6) is 0.810. The van der Waals surface area contributed by atoms with Crippen molar-refractivity contribution in [3.63, 3.8) is 0 Å². The number of hydrogen-bond donors (Lipinski definition) is 2. The number of rotatable bonds is 4. The van der Waals surface area contributed by atoms with E-state index in [0.717, 1.165) is 11.1 Å². The maximum absolute atomic E-state index is 9.30. The van der Waals surface area contributed by atoms with Crippen LogP contribution in [0, 0.1) is 0 Å². The van der Waals surface area contributed by atoms with Gasteiger partial charge in [0.25, 0.3) is 0 Å². The van der Waals surface area contributed by atoms with E-state index < -0.39 is 0 Å². The van der Waals surface area contributed by atoms with Crippen molar-refractivity contribution in [2.45, 2.75) is 13.2 Å². The van der Waals surface area contributed by atoms with Gasteiger partial charge in [-0.05, 0) is 23.8 Å². The van der Waals surface area contributed by atoms with Crippen LogP contribution in [0.25, 0.3) is 0 Å². The zero-order valence-electron chi connectivity index (χ0n) is 9.34. The summed E-state index contributed by atoms with van der Waals surface area (Å²) in [5.41, 5.74) is 7.59. The number of nitrogens with two attached hydrogens (primary N) is 1. The Kier molecular flexibility index (Phi) is 3.57. The standard InChI is InChI=1S/C13H14N2O2/c14-7-10-4-5-15-8-11(10)9-17-13-3-1-2-12(16)6-13/h1-6,8,16H,7,9,14H2. The lowest BCUT2D eigenvalue weighted by Gasteiger charge is -2.09. The van der Waals surface area contributed by atoms with Crippen LogP contribution in [0.3, 0.4) is 0 Å². The fourth-order valence-electron chi connectivity index (χ4n) is 1.52. The van der Waals surface area contributed by atoms with Gasteiger partial charge >= 0.3 is 0 Å². The van der Waals surface area contributed by atoms with Crippen molar-refractivity contribution < 1.29 is 9.84 Å². The number of ether oxygens (including phenoxy) is 1. The van der Waals surface area contributed by atoms with Crippen LogP contribution in [-0.2, 0) is 13.2 Å². The van der Waals surface area contributed by atoms with Gasteiger partial charge in [-0.3, -0.25) is 4.98 Å². The maximum atomic E-state index is 9.30. The first-order chi connectivity index (χ1) is 8.29. The highest BCUT2D eigenvalue weighted by Crippen LogP contribution is 2.19. The highest BCUT2D eigenvalue weighted by molar-refractivity contribution is 5.32. The number of pyridine rings is 1. The first-order valence-corrected chi connectivity index (χ1v) is 5.33. The van der Waals surface area contributed by atoms with Gasteiger partial charge in [-0.2, -0.15) is 0 Å². The minimum absolute atomic E-state index is 0.188. The molecule has 0 unspecified atom stereocenters. The topological polar surface area (TPSA) is 68.4 Å². The van der Waals surface area contributed by atoms with Crippen LogP contribution in [0.2, 0.25) is 0 Å². The maximum Gasteiger partial charge on any atom is 0.123 e. The molecule has 0 radical (unpaired) electrons. The average molecular weight is 230 g/mol. The number of aromatic hydroxyl groups is 1. The minimum Gasteiger partial charge on any atom is -0.508 e. The van der Waals surface area contributed by atoms with E-state index in [0.29, 0.717) is 18.9 Å². The van der Waals surface area contributed by atoms with Gasteiger partial charge in [0.05, 0.1) is 0 Å². The lowest BCUT2D eigenvalue weighted by Crippen LogP contribution is -2.05. The molecule has 0 aliphatic rings. The third-order valence-corrected chi connectivity index (χ3v) is 2.44. The zero-order valence-corrected chi connectivity index (χ0v) is 9.34. The van der Waals surface area contributed by atoms with E-state index in [-0.39, 0.29) is 5.75 Å². The van der Waals surface area contributed by atoms with Crippen molar-refractivity contribution >= 4 is 0 Å². The predicted octanol–water partition coefficient (Wildman–Crippen LogP) is 1.82. The summed E-state index contributed by atoms with van der Waals surface area (Å²) in [6.07, 6.45) is 3.45. The summed E-state index contributed by atoms with van der Waals surface area (Å²) in [6.45, 7) is 0.852. The van der Waals surface area contributed by atoms with Crippen LogP contribution in [0.4, 0.5) is 0 Å². The molecule has 17 heavy (non-hydrogen) atoms. The molecule has 0 spiro atoms. The molecule has 0 amide bonds. The highest BCUT2D eigenvalue weighted by Gasteiger charge is 2.02. The van der Waals surface area contributed by atoms with Gasteiger partial charge < -0.3 is 15.6 Å². The second kappa shape index (κ2) is 5.32. The Hall–Kier alpha value is -2.07. The van der Waals surface area contributed by atoms with Crippen molar-refractivity contribution in [2.24, 2.45) is 5.73 Å². The summed E-state index contributed by atoms with van der Waals surface area (Å²) >= 11 is 0. The van der Waals surface area contributed by atoms with E-state index in [1.165, 1.54) is 0 Å². The van der Waals surface area contributed by atoms with Gasteiger partial charge in [0.15, 0.2) is 0 Å². The molecule has 0 aliphatic carbocycles. The van der Waals surface area contributed by atoms with Gasteiger partial charge in [0, 0.05) is 30.6 Å². The van der Waals surface area contributed by atoms with Crippen molar-refractivity contribution in [3.8, 4) is 11.5 Å². The molecule has 0 atom stereocenters. The second-order valence-electron chi connectivity index (χ2n) is 3.63. The molecule has 3 N–H and O–H groups in total. The Bertz CT molecular complexity index is 500. The van der Waals surface area contributed by atoms with E-state index in [1.54, 1.807) is 36.7 Å². The third-order valence-electron chi connectivity index (χ3n) is 2.44. The van der Waals surface area contributed by atoms with E-state index in [9.17, 15) is 5.11 Å². The Morgan fingerprint density at radius 2 is 2.12 bits per heavy atom. The molecule has 1 aromatic heterocycles. The minimum atomic E-state index is 0.188. The molecule has 0 saturated heterocycles. The van der Waals surface area contributed by atoms with Gasteiger partial charge in [0.1, 0.15) is 18.1 Å². The van der Waals surface area contributed by atoms with Crippen molar-refractivity contribution in [1.82, 2.24) is 4.98 Å². The van der Waals surface area contributed by atoms with Crippen molar-refractivity contribution in [3.05, 3.63) is 53.9 Å². The monoisotopic (exact) mass is 230 g/mol. The Morgan fingerprint density at radius 1 is 1.24 bits per heavy atom. The highest BCUT2D eigenvalue weighted by atomic mass is 16.5. The average Bonchev–Trinajstić information content (AvgIpc) is 2.37. The van der Waals surface area contributed by atoms with Crippen LogP contribution in [-0.4, -0.2) is 10.1 Å². The molecular formula is C13H14N2O2. The van der Waals surface area contributed by atoms with Crippen molar-refractivity contribution in [2.75, 3.05) is 0 Å². The molecule has 2 aromatic rings. The molecule has 0 bridgehead atoms. The second-order valence-corrected chi connectivity index (χ2v) is 3.63. The number of nitrogens with zero attached hydrogens (tertiary/aromatic N) is 1. The number of hydrogen-bond acceptors (Lipinski definition) is 4. The smallest absolute Gasteiger partial charge is 0.123 e. The molecule has 2 rings (SSSR count).